The summed E-state index contributed by atoms with van der Waals surface area (Å²) in [5.74, 6) is 0. The van der Waals surface area contributed by atoms with Gasteiger partial charge in [0.15, 0.2) is 0 Å². The van der Waals surface area contributed by atoms with E-state index in [4.69, 9.17) is 12.2 Å². The third kappa shape index (κ3) is 0.928. The van der Waals surface area contributed by atoms with Gasteiger partial charge in [-0.25, -0.2) is 0 Å². The highest BCUT2D eigenvalue weighted by molar-refractivity contribution is 7.81. The summed E-state index contributed by atoms with van der Waals surface area (Å²) in [6.45, 7) is 3.72. The monoisotopic (exact) mass is 122 g/mol. The van der Waals surface area contributed by atoms with Gasteiger partial charge in [0.05, 0.1) is 0 Å². The van der Waals surface area contributed by atoms with Crippen molar-refractivity contribution in [3.8, 4) is 0 Å². The third-order valence-electron chi connectivity index (χ3n) is 0.973. The van der Waals surface area contributed by atoms with Crippen LogP contribution in [0.2, 0.25) is 0 Å². The maximum atomic E-state index is 4.89. The highest BCUT2D eigenvalue weighted by atomic mass is 32.1. The maximum Gasteiger partial charge on any atom is 0.0443 e. The molecule has 0 fully saturated rings. The Kier molecular flexibility index (Phi) is 1.40. The second-order valence-electron chi connectivity index (χ2n) is 1.61. The van der Waals surface area contributed by atoms with Crippen LogP contribution >= 0.6 is 12.2 Å². The van der Waals surface area contributed by atoms with Crippen LogP contribution in [0.15, 0.2) is 36.5 Å². The van der Waals surface area contributed by atoms with Gasteiger partial charge in [0, 0.05) is 4.86 Å². The van der Waals surface area contributed by atoms with Crippen LogP contribution in [0, 0.1) is 0 Å². The molecule has 0 heterocycles. The number of thiocarbonyl (C=S) groups is 1. The van der Waals surface area contributed by atoms with Gasteiger partial charge in [-0.3, -0.25) is 0 Å². The fourth-order valence-electron chi connectivity index (χ4n) is 0.504. The zero-order valence-corrected chi connectivity index (χ0v) is 5.24. The van der Waals surface area contributed by atoms with E-state index in [1.165, 1.54) is 0 Å². The molecule has 0 aliphatic heterocycles. The van der Waals surface area contributed by atoms with Gasteiger partial charge < -0.3 is 0 Å². The molecule has 1 rings (SSSR count). The molecule has 0 bridgehead atoms. The number of hydrogen-bond acceptors (Lipinski definition) is 1. The molecule has 0 unspecified atom stereocenters. The highest BCUT2D eigenvalue weighted by Crippen LogP contribution is 2.04. The van der Waals surface area contributed by atoms with E-state index >= 15 is 0 Å². The van der Waals surface area contributed by atoms with E-state index in [1.54, 1.807) is 0 Å². The van der Waals surface area contributed by atoms with E-state index in [2.05, 4.69) is 6.58 Å². The first-order valence-electron chi connectivity index (χ1n) is 2.39. The van der Waals surface area contributed by atoms with Gasteiger partial charge in [0.1, 0.15) is 0 Å². The zero-order valence-electron chi connectivity index (χ0n) is 4.42. The van der Waals surface area contributed by atoms with Crippen LogP contribution in [0.25, 0.3) is 0 Å². The quantitative estimate of drug-likeness (QED) is 0.350. The van der Waals surface area contributed by atoms with Crippen LogP contribution in [0.4, 0.5) is 0 Å². The van der Waals surface area contributed by atoms with E-state index in [1.807, 2.05) is 24.3 Å². The van der Waals surface area contributed by atoms with Gasteiger partial charge in [-0.05, 0) is 11.6 Å². The van der Waals surface area contributed by atoms with Gasteiger partial charge in [0.25, 0.3) is 0 Å². The van der Waals surface area contributed by atoms with Crippen molar-refractivity contribution in [1.82, 2.24) is 0 Å². The van der Waals surface area contributed by atoms with Crippen molar-refractivity contribution in [2.45, 2.75) is 0 Å². The lowest BCUT2D eigenvalue weighted by Crippen LogP contribution is -1.92. The molecule has 0 saturated heterocycles. The van der Waals surface area contributed by atoms with Gasteiger partial charge >= 0.3 is 0 Å². The number of allylic oxidation sites excluding steroid dienone is 5. The predicted molar refractivity (Wildman–Crippen MR) is 40.0 cm³/mol. The molecule has 0 aromatic carbocycles. The molecule has 0 amide bonds. The average molecular weight is 122 g/mol. The van der Waals surface area contributed by atoms with Crippen molar-refractivity contribution in [3.63, 3.8) is 0 Å². The Morgan fingerprint density at radius 2 is 1.88 bits per heavy atom. The lowest BCUT2D eigenvalue weighted by atomic mass is 10.1. The predicted octanol–water partition coefficient (Wildman–Crippen LogP) is 2.04. The Morgan fingerprint density at radius 1 is 1.25 bits per heavy atom. The van der Waals surface area contributed by atoms with Crippen molar-refractivity contribution >= 4 is 17.1 Å². The highest BCUT2D eigenvalue weighted by Gasteiger charge is 1.94. The summed E-state index contributed by atoms with van der Waals surface area (Å²) in [7, 11) is 0. The molecular formula is C7H6S. The third-order valence-corrected chi connectivity index (χ3v) is 1.37. The molecule has 0 aromatic heterocycles. The van der Waals surface area contributed by atoms with E-state index < -0.39 is 0 Å². The average Bonchev–Trinajstić information content (AvgIpc) is 1.77. The number of hydrogen-bond donors (Lipinski definition) is 0. The first-order valence-corrected chi connectivity index (χ1v) is 2.79. The fraction of sp³-hybridized carbons (Fsp3) is 0. The lowest BCUT2D eigenvalue weighted by molar-refractivity contribution is 1.80. The van der Waals surface area contributed by atoms with Crippen molar-refractivity contribution in [2.75, 3.05) is 0 Å². The Balaban J connectivity index is 2.89. The smallest absolute Gasteiger partial charge is 0.0443 e. The van der Waals surface area contributed by atoms with Crippen LogP contribution in [0.5, 0.6) is 0 Å². The Bertz CT molecular complexity index is 163. The van der Waals surface area contributed by atoms with E-state index in [-0.39, 0.29) is 0 Å². The summed E-state index contributed by atoms with van der Waals surface area (Å²) < 4.78 is 0. The first-order chi connectivity index (χ1) is 3.80. The van der Waals surface area contributed by atoms with Crippen molar-refractivity contribution in [2.24, 2.45) is 0 Å². The molecule has 0 spiro atoms. The summed E-state index contributed by atoms with van der Waals surface area (Å²) in [4.78, 5) is 0.840. The Hall–Kier alpha value is -0.690. The van der Waals surface area contributed by atoms with Gasteiger partial charge in [-0.15, -0.1) is 0 Å². The summed E-state index contributed by atoms with van der Waals surface area (Å²) in [6.07, 6.45) is 7.62. The lowest BCUT2D eigenvalue weighted by Gasteiger charge is -1.97. The van der Waals surface area contributed by atoms with Crippen LogP contribution < -0.4 is 0 Å². The first kappa shape index (κ1) is 5.45. The molecule has 0 nitrogen and oxygen atoms in total. The van der Waals surface area contributed by atoms with Crippen molar-refractivity contribution < 1.29 is 0 Å². The van der Waals surface area contributed by atoms with Crippen LogP contribution in [-0.4, -0.2) is 4.86 Å². The SMILES string of the molecule is C=C1C=CC=CC1=S. The van der Waals surface area contributed by atoms with E-state index in [9.17, 15) is 0 Å². The molecule has 8 heavy (non-hydrogen) atoms. The molecule has 0 saturated carbocycles. The zero-order chi connectivity index (χ0) is 5.98. The molecule has 0 N–H and O–H groups in total. The largest absolute Gasteiger partial charge is 0.0903 e. The van der Waals surface area contributed by atoms with Crippen molar-refractivity contribution in [1.29, 1.82) is 0 Å². The van der Waals surface area contributed by atoms with Crippen molar-refractivity contribution in [3.05, 3.63) is 36.5 Å². The molecule has 1 aliphatic carbocycles. The molecule has 1 aliphatic rings. The summed E-state index contributed by atoms with van der Waals surface area (Å²) in [5.41, 5.74) is 0.933. The maximum absolute atomic E-state index is 4.89. The molecule has 0 radical (unpaired) electrons. The second kappa shape index (κ2) is 2.05. The van der Waals surface area contributed by atoms with Crippen LogP contribution in [0.1, 0.15) is 0 Å². The van der Waals surface area contributed by atoms with E-state index in [0.29, 0.717) is 0 Å². The Labute approximate surface area is 54.2 Å². The summed E-state index contributed by atoms with van der Waals surface area (Å²) in [6, 6.07) is 0. The Morgan fingerprint density at radius 3 is 2.25 bits per heavy atom. The minimum Gasteiger partial charge on any atom is -0.0903 e. The molecule has 0 atom stereocenters. The number of rotatable bonds is 0. The standard InChI is InChI=1S/C7H6S/c1-6-4-2-3-5-7(6)8/h2-5H,1H2. The minimum atomic E-state index is 0.840. The molecule has 1 heteroatoms. The molecular weight excluding hydrogens is 116 g/mol. The second-order valence-corrected chi connectivity index (χ2v) is 2.05. The van der Waals surface area contributed by atoms with Crippen LogP contribution in [-0.2, 0) is 0 Å². The topological polar surface area (TPSA) is 0 Å². The minimum absolute atomic E-state index is 0.840. The fourth-order valence-corrected chi connectivity index (χ4v) is 0.650. The van der Waals surface area contributed by atoms with Crippen LogP contribution in [0.3, 0.4) is 0 Å². The normalized spacial score (nSPS) is 17.5. The molecule has 0 aromatic rings. The summed E-state index contributed by atoms with van der Waals surface area (Å²) in [5, 5.41) is 0. The van der Waals surface area contributed by atoms with Gasteiger partial charge in [0.2, 0.25) is 0 Å². The van der Waals surface area contributed by atoms with E-state index in [0.717, 1.165) is 10.4 Å². The van der Waals surface area contributed by atoms with Gasteiger partial charge in [-0.2, -0.15) is 0 Å². The summed E-state index contributed by atoms with van der Waals surface area (Å²) >= 11 is 4.89. The van der Waals surface area contributed by atoms with Gasteiger partial charge in [-0.1, -0.05) is 37.0 Å². The molecule has 40 valence electrons.